The molecule has 114 valence electrons. The average molecular weight is 324 g/mol. The number of benzene rings is 1. The van der Waals surface area contributed by atoms with Crippen molar-refractivity contribution in [2.24, 2.45) is 0 Å². The van der Waals surface area contributed by atoms with E-state index in [1.165, 1.54) is 16.0 Å². The topological polar surface area (TPSA) is 21.3 Å². The molecule has 0 fully saturated rings. The molecule has 0 saturated carbocycles. The molecule has 0 bridgehead atoms. The van der Waals surface area contributed by atoms with Crippen LogP contribution in [0, 0.1) is 0 Å². The van der Waals surface area contributed by atoms with Crippen LogP contribution in [0.15, 0.2) is 36.4 Å². The lowest BCUT2D eigenvalue weighted by molar-refractivity contribution is -0.0149. The van der Waals surface area contributed by atoms with Crippen molar-refractivity contribution in [3.05, 3.63) is 56.7 Å². The van der Waals surface area contributed by atoms with Gasteiger partial charge in [0, 0.05) is 18.0 Å². The molecule has 0 aliphatic carbocycles. The molecule has 0 saturated heterocycles. The summed E-state index contributed by atoms with van der Waals surface area (Å²) in [7, 11) is 0. The summed E-state index contributed by atoms with van der Waals surface area (Å²) in [5.41, 5.74) is 2.38. The average Bonchev–Trinajstić information content (AvgIpc) is 2.82. The third-order valence-electron chi connectivity index (χ3n) is 2.92. The summed E-state index contributed by atoms with van der Waals surface area (Å²) >= 11 is 7.55. The van der Waals surface area contributed by atoms with Crippen LogP contribution in [-0.2, 0) is 24.4 Å². The molecule has 1 N–H and O–H groups in total. The molecule has 2 nitrogen and oxygen atoms in total. The fourth-order valence-corrected chi connectivity index (χ4v) is 2.96. The summed E-state index contributed by atoms with van der Waals surface area (Å²) in [5, 5.41) is 3.44. The number of thiophene rings is 1. The van der Waals surface area contributed by atoms with Crippen molar-refractivity contribution in [2.45, 2.75) is 46.1 Å². The largest absolute Gasteiger partial charge is 0.371 e. The van der Waals surface area contributed by atoms with Crippen molar-refractivity contribution >= 4 is 22.9 Å². The van der Waals surface area contributed by atoms with Crippen LogP contribution in [0.2, 0.25) is 4.34 Å². The highest BCUT2D eigenvalue weighted by molar-refractivity contribution is 7.16. The summed E-state index contributed by atoms with van der Waals surface area (Å²) in [6.07, 6.45) is 0. The van der Waals surface area contributed by atoms with Crippen molar-refractivity contribution in [3.8, 4) is 0 Å². The van der Waals surface area contributed by atoms with Crippen molar-refractivity contribution in [3.63, 3.8) is 0 Å². The van der Waals surface area contributed by atoms with Gasteiger partial charge in [0.05, 0.1) is 16.5 Å². The van der Waals surface area contributed by atoms with E-state index in [1.807, 2.05) is 6.07 Å². The number of halogens is 1. The number of hydrogen-bond acceptors (Lipinski definition) is 3. The molecule has 0 aliphatic rings. The second-order valence-electron chi connectivity index (χ2n) is 6.03. The van der Waals surface area contributed by atoms with E-state index < -0.39 is 0 Å². The molecule has 1 heterocycles. The van der Waals surface area contributed by atoms with Gasteiger partial charge in [0.2, 0.25) is 0 Å². The first-order chi connectivity index (χ1) is 9.92. The standard InChI is InChI=1S/C17H22ClNOS/c1-17(2,3)20-12-14-6-4-5-13(9-14)10-19-11-15-7-8-16(18)21-15/h4-9,19H,10-12H2,1-3H3. The maximum Gasteiger partial charge on any atom is 0.0931 e. The summed E-state index contributed by atoms with van der Waals surface area (Å²) in [6.45, 7) is 8.57. The lowest BCUT2D eigenvalue weighted by atomic mass is 10.1. The molecule has 1 aromatic carbocycles. The molecule has 21 heavy (non-hydrogen) atoms. The molecule has 2 aromatic rings. The van der Waals surface area contributed by atoms with Crippen molar-refractivity contribution in [1.82, 2.24) is 5.32 Å². The predicted octanol–water partition coefficient (Wildman–Crippen LogP) is 5.01. The van der Waals surface area contributed by atoms with Gasteiger partial charge in [0.25, 0.3) is 0 Å². The molecule has 4 heteroatoms. The Morgan fingerprint density at radius 1 is 1.10 bits per heavy atom. The smallest absolute Gasteiger partial charge is 0.0931 e. The van der Waals surface area contributed by atoms with Gasteiger partial charge in [-0.15, -0.1) is 11.3 Å². The van der Waals surface area contributed by atoms with Crippen LogP contribution in [-0.4, -0.2) is 5.60 Å². The monoisotopic (exact) mass is 323 g/mol. The Hall–Kier alpha value is -0.870. The number of rotatable bonds is 6. The van der Waals surface area contributed by atoms with Gasteiger partial charge in [-0.2, -0.15) is 0 Å². The van der Waals surface area contributed by atoms with Crippen LogP contribution in [0.4, 0.5) is 0 Å². The van der Waals surface area contributed by atoms with E-state index >= 15 is 0 Å². The minimum absolute atomic E-state index is 0.104. The molecule has 0 spiro atoms. The van der Waals surface area contributed by atoms with E-state index in [4.69, 9.17) is 16.3 Å². The highest BCUT2D eigenvalue weighted by Crippen LogP contribution is 2.21. The van der Waals surface area contributed by atoms with Crippen LogP contribution in [0.3, 0.4) is 0 Å². The van der Waals surface area contributed by atoms with E-state index in [0.717, 1.165) is 17.4 Å². The van der Waals surface area contributed by atoms with Gasteiger partial charge < -0.3 is 10.1 Å². The van der Waals surface area contributed by atoms with Gasteiger partial charge in [-0.05, 0) is 44.0 Å². The molecule has 2 rings (SSSR count). The van der Waals surface area contributed by atoms with Crippen LogP contribution in [0.5, 0.6) is 0 Å². The summed E-state index contributed by atoms with van der Waals surface area (Å²) in [6, 6.07) is 12.5. The molecule has 0 amide bonds. The molecule has 1 aromatic heterocycles. The van der Waals surface area contributed by atoms with E-state index in [9.17, 15) is 0 Å². The first kappa shape index (κ1) is 16.5. The van der Waals surface area contributed by atoms with E-state index in [0.29, 0.717) is 6.61 Å². The quantitative estimate of drug-likeness (QED) is 0.807. The summed E-state index contributed by atoms with van der Waals surface area (Å²) < 4.78 is 6.65. The van der Waals surface area contributed by atoms with Crippen LogP contribution in [0.1, 0.15) is 36.8 Å². The summed E-state index contributed by atoms with van der Waals surface area (Å²) in [4.78, 5) is 1.26. The third kappa shape index (κ3) is 6.18. The Kier molecular flexibility index (Phi) is 5.82. The third-order valence-corrected chi connectivity index (χ3v) is 4.15. The Labute approximate surface area is 136 Å². The molecule has 0 unspecified atom stereocenters. The summed E-state index contributed by atoms with van der Waals surface area (Å²) in [5.74, 6) is 0. The van der Waals surface area contributed by atoms with Gasteiger partial charge in [-0.1, -0.05) is 35.9 Å². The van der Waals surface area contributed by atoms with Crippen LogP contribution in [0.25, 0.3) is 0 Å². The van der Waals surface area contributed by atoms with E-state index in [1.54, 1.807) is 11.3 Å². The Bertz CT molecular complexity index is 574. The molecular weight excluding hydrogens is 302 g/mol. The Morgan fingerprint density at radius 3 is 2.52 bits per heavy atom. The predicted molar refractivity (Wildman–Crippen MR) is 90.9 cm³/mol. The molecule has 0 aliphatic heterocycles. The molecule has 0 radical (unpaired) electrons. The minimum Gasteiger partial charge on any atom is -0.371 e. The SMILES string of the molecule is CC(C)(C)OCc1cccc(CNCc2ccc(Cl)s2)c1. The fourth-order valence-electron chi connectivity index (χ4n) is 1.91. The normalized spacial score (nSPS) is 11.8. The lowest BCUT2D eigenvalue weighted by Gasteiger charge is -2.19. The zero-order valence-corrected chi connectivity index (χ0v) is 14.4. The molecular formula is C17H22ClNOS. The Morgan fingerprint density at radius 2 is 1.86 bits per heavy atom. The van der Waals surface area contributed by atoms with Gasteiger partial charge in [0.1, 0.15) is 0 Å². The van der Waals surface area contributed by atoms with E-state index in [-0.39, 0.29) is 5.60 Å². The van der Waals surface area contributed by atoms with Gasteiger partial charge in [0.15, 0.2) is 0 Å². The second-order valence-corrected chi connectivity index (χ2v) is 7.83. The zero-order valence-electron chi connectivity index (χ0n) is 12.8. The van der Waals surface area contributed by atoms with E-state index in [2.05, 4.69) is 56.4 Å². The first-order valence-corrected chi connectivity index (χ1v) is 8.28. The fraction of sp³-hybridized carbons (Fsp3) is 0.412. The number of nitrogens with one attached hydrogen (secondary N) is 1. The minimum atomic E-state index is -0.104. The highest BCUT2D eigenvalue weighted by atomic mass is 35.5. The van der Waals surface area contributed by atoms with Gasteiger partial charge in [-0.25, -0.2) is 0 Å². The van der Waals surface area contributed by atoms with Crippen LogP contribution >= 0.6 is 22.9 Å². The van der Waals surface area contributed by atoms with Gasteiger partial charge in [-0.3, -0.25) is 0 Å². The lowest BCUT2D eigenvalue weighted by Crippen LogP contribution is -2.18. The highest BCUT2D eigenvalue weighted by Gasteiger charge is 2.10. The van der Waals surface area contributed by atoms with Crippen molar-refractivity contribution in [2.75, 3.05) is 0 Å². The molecule has 0 atom stereocenters. The van der Waals surface area contributed by atoms with Crippen molar-refractivity contribution in [1.29, 1.82) is 0 Å². The van der Waals surface area contributed by atoms with Crippen LogP contribution < -0.4 is 5.32 Å². The van der Waals surface area contributed by atoms with Gasteiger partial charge >= 0.3 is 0 Å². The maximum atomic E-state index is 5.93. The number of ether oxygens (including phenoxy) is 1. The zero-order chi connectivity index (χ0) is 15.3. The first-order valence-electron chi connectivity index (χ1n) is 7.09. The Balaban J connectivity index is 1.83. The number of hydrogen-bond donors (Lipinski definition) is 1. The van der Waals surface area contributed by atoms with Crippen molar-refractivity contribution < 1.29 is 4.74 Å². The maximum absolute atomic E-state index is 5.93. The second kappa shape index (κ2) is 7.41.